The third-order valence-electron chi connectivity index (χ3n) is 9.96. The molecule has 2 aliphatic heterocycles. The Bertz CT molecular complexity index is 1000. The maximum atomic E-state index is 12.3. The highest BCUT2D eigenvalue weighted by molar-refractivity contribution is 5.73. The summed E-state index contributed by atoms with van der Waals surface area (Å²) in [5, 5.41) is 20.5. The molecule has 3 atom stereocenters. The van der Waals surface area contributed by atoms with E-state index in [1.54, 1.807) is 0 Å². The van der Waals surface area contributed by atoms with Gasteiger partial charge in [-0.25, -0.2) is 0 Å². The first-order valence-corrected chi connectivity index (χ1v) is 14.9. The molecule has 38 heavy (non-hydrogen) atoms. The van der Waals surface area contributed by atoms with Crippen LogP contribution in [0.3, 0.4) is 0 Å². The number of carboxylic acid groups (broad SMARTS) is 1. The number of benzene rings is 2. The maximum absolute atomic E-state index is 12.3. The number of piperidine rings is 1. The molecule has 2 heterocycles. The van der Waals surface area contributed by atoms with E-state index >= 15 is 0 Å². The summed E-state index contributed by atoms with van der Waals surface area (Å²) in [6.07, 6.45) is 9.80. The van der Waals surface area contributed by atoms with Crippen LogP contribution < -0.4 is 0 Å². The lowest BCUT2D eigenvalue weighted by Gasteiger charge is -2.42. The number of aryl methyl sites for hydroxylation is 1. The first-order chi connectivity index (χ1) is 18.5. The van der Waals surface area contributed by atoms with Crippen LogP contribution in [0, 0.1) is 17.3 Å². The predicted octanol–water partition coefficient (Wildman–Crippen LogP) is 5.44. The molecule has 0 radical (unpaired) electrons. The molecule has 0 amide bonds. The fourth-order valence-corrected chi connectivity index (χ4v) is 7.21. The van der Waals surface area contributed by atoms with Crippen molar-refractivity contribution >= 4 is 5.97 Å². The Balaban J connectivity index is 1.19. The largest absolute Gasteiger partial charge is 0.480 e. The van der Waals surface area contributed by atoms with Crippen molar-refractivity contribution in [3.8, 4) is 0 Å². The van der Waals surface area contributed by atoms with E-state index in [4.69, 9.17) is 0 Å². The van der Waals surface area contributed by atoms with Crippen LogP contribution in [0.2, 0.25) is 0 Å². The molecule has 5 rings (SSSR count). The zero-order valence-corrected chi connectivity index (χ0v) is 22.9. The zero-order chi connectivity index (χ0) is 26.4. The van der Waals surface area contributed by atoms with Gasteiger partial charge >= 0.3 is 5.97 Å². The van der Waals surface area contributed by atoms with E-state index in [2.05, 4.69) is 70.5 Å². The van der Waals surface area contributed by atoms with E-state index in [-0.39, 0.29) is 18.1 Å². The molecule has 5 heteroatoms. The Hall–Kier alpha value is -2.21. The van der Waals surface area contributed by atoms with Crippen LogP contribution in [0.4, 0.5) is 0 Å². The van der Waals surface area contributed by atoms with Gasteiger partial charge in [0, 0.05) is 32.2 Å². The second-order valence-electron chi connectivity index (χ2n) is 12.4. The van der Waals surface area contributed by atoms with Crippen molar-refractivity contribution in [1.29, 1.82) is 0 Å². The van der Waals surface area contributed by atoms with Crippen molar-refractivity contribution in [2.24, 2.45) is 17.3 Å². The minimum atomic E-state index is -0.648. The monoisotopic (exact) mass is 518 g/mol. The number of nitrogens with zero attached hydrogens (tertiary/aromatic N) is 2. The first-order valence-electron chi connectivity index (χ1n) is 14.9. The highest BCUT2D eigenvalue weighted by atomic mass is 16.4. The molecule has 3 aliphatic rings. The van der Waals surface area contributed by atoms with Gasteiger partial charge in [-0.3, -0.25) is 9.69 Å². The second kappa shape index (κ2) is 12.8. The quantitative estimate of drug-likeness (QED) is 0.392. The van der Waals surface area contributed by atoms with Gasteiger partial charge in [-0.15, -0.1) is 0 Å². The van der Waals surface area contributed by atoms with Crippen LogP contribution in [0.15, 0.2) is 60.7 Å². The zero-order valence-electron chi connectivity index (χ0n) is 22.9. The molecule has 2 aromatic rings. The molecule has 1 aliphatic carbocycles. The summed E-state index contributed by atoms with van der Waals surface area (Å²) in [6, 6.07) is 21.1. The third-order valence-corrected chi connectivity index (χ3v) is 9.96. The van der Waals surface area contributed by atoms with Crippen molar-refractivity contribution in [2.45, 2.75) is 69.7 Å². The number of carboxylic acids is 1. The highest BCUT2D eigenvalue weighted by Gasteiger charge is 2.42. The minimum absolute atomic E-state index is 0.0446. The lowest BCUT2D eigenvalue weighted by Crippen LogP contribution is -2.45. The summed E-state index contributed by atoms with van der Waals surface area (Å²) in [7, 11) is 0. The lowest BCUT2D eigenvalue weighted by molar-refractivity contribution is -0.144. The molecule has 0 aromatic heterocycles. The first kappa shape index (κ1) is 27.4. The van der Waals surface area contributed by atoms with Gasteiger partial charge in [0.15, 0.2) is 0 Å². The normalized spacial score (nSPS) is 25.2. The summed E-state index contributed by atoms with van der Waals surface area (Å²) in [5.41, 5.74) is 2.77. The highest BCUT2D eigenvalue weighted by Crippen LogP contribution is 2.40. The molecular weight excluding hydrogens is 472 g/mol. The SMILES string of the molecule is O=C(O)[C@@H](CC1CCC1)N1C[C@H](CN2CCC(CO)(CCCc3ccccc3)CC2)[C@@H](c2ccccc2)C1. The van der Waals surface area contributed by atoms with E-state index in [1.165, 1.54) is 30.4 Å². The van der Waals surface area contributed by atoms with Crippen LogP contribution in [-0.2, 0) is 11.2 Å². The summed E-state index contributed by atoms with van der Waals surface area (Å²) in [6.45, 7) is 5.04. The van der Waals surface area contributed by atoms with Crippen molar-refractivity contribution in [1.82, 2.24) is 9.80 Å². The second-order valence-corrected chi connectivity index (χ2v) is 12.4. The molecule has 2 saturated heterocycles. The van der Waals surface area contributed by atoms with Crippen molar-refractivity contribution in [3.05, 3.63) is 71.8 Å². The average Bonchev–Trinajstić information content (AvgIpc) is 3.33. The maximum Gasteiger partial charge on any atom is 0.320 e. The van der Waals surface area contributed by atoms with Gasteiger partial charge < -0.3 is 15.1 Å². The smallest absolute Gasteiger partial charge is 0.320 e. The van der Waals surface area contributed by atoms with E-state index in [0.29, 0.717) is 17.8 Å². The Morgan fingerprint density at radius 3 is 2.26 bits per heavy atom. The summed E-state index contributed by atoms with van der Waals surface area (Å²) in [5.74, 6) is 0.738. The van der Waals surface area contributed by atoms with E-state index < -0.39 is 5.97 Å². The molecule has 5 nitrogen and oxygen atoms in total. The van der Waals surface area contributed by atoms with Crippen LogP contribution in [-0.4, -0.2) is 71.4 Å². The number of hydrogen-bond acceptors (Lipinski definition) is 4. The Kier molecular flexibility index (Phi) is 9.19. The average molecular weight is 519 g/mol. The number of aliphatic carboxylic acids is 1. The number of aliphatic hydroxyl groups is 1. The van der Waals surface area contributed by atoms with Gasteiger partial charge in [0.25, 0.3) is 0 Å². The molecule has 3 fully saturated rings. The number of rotatable bonds is 12. The van der Waals surface area contributed by atoms with Gasteiger partial charge in [-0.2, -0.15) is 0 Å². The Labute approximate surface area is 228 Å². The summed E-state index contributed by atoms with van der Waals surface area (Å²) >= 11 is 0. The fraction of sp³-hybridized carbons (Fsp3) is 0.606. The number of likely N-dealkylation sites (tertiary alicyclic amines) is 2. The van der Waals surface area contributed by atoms with Crippen LogP contribution >= 0.6 is 0 Å². The minimum Gasteiger partial charge on any atom is -0.480 e. The summed E-state index contributed by atoms with van der Waals surface area (Å²) < 4.78 is 0. The number of hydrogen-bond donors (Lipinski definition) is 2. The van der Waals surface area contributed by atoms with Gasteiger partial charge in [0.05, 0.1) is 0 Å². The van der Waals surface area contributed by atoms with Crippen molar-refractivity contribution in [2.75, 3.05) is 39.3 Å². The molecule has 1 saturated carbocycles. The van der Waals surface area contributed by atoms with Crippen LogP contribution in [0.25, 0.3) is 0 Å². The van der Waals surface area contributed by atoms with Gasteiger partial charge in [0.2, 0.25) is 0 Å². The van der Waals surface area contributed by atoms with Crippen molar-refractivity contribution < 1.29 is 15.0 Å². The van der Waals surface area contributed by atoms with E-state index in [0.717, 1.165) is 71.2 Å². The van der Waals surface area contributed by atoms with E-state index in [1.807, 2.05) is 0 Å². The number of carbonyl (C=O) groups is 1. The molecule has 0 bridgehead atoms. The number of aliphatic hydroxyl groups excluding tert-OH is 1. The topological polar surface area (TPSA) is 64.0 Å². The van der Waals surface area contributed by atoms with Gasteiger partial charge in [-0.1, -0.05) is 79.9 Å². The molecule has 0 unspecified atom stereocenters. The van der Waals surface area contributed by atoms with E-state index in [9.17, 15) is 15.0 Å². The molecule has 0 spiro atoms. The van der Waals surface area contributed by atoms with Crippen LogP contribution in [0.1, 0.15) is 68.4 Å². The van der Waals surface area contributed by atoms with Gasteiger partial charge in [-0.05, 0) is 80.0 Å². The molecule has 206 valence electrons. The third kappa shape index (κ3) is 6.67. The fourth-order valence-electron chi connectivity index (χ4n) is 7.21. The molecule has 2 N–H and O–H groups in total. The predicted molar refractivity (Wildman–Crippen MR) is 152 cm³/mol. The molecular formula is C33H46N2O3. The van der Waals surface area contributed by atoms with Crippen molar-refractivity contribution in [3.63, 3.8) is 0 Å². The Morgan fingerprint density at radius 2 is 1.66 bits per heavy atom. The standard InChI is InChI=1S/C33H46N2O3/c36-25-33(16-8-13-26-9-3-1-4-10-26)17-19-34(20-18-33)22-29-23-35(24-30(29)28-14-5-2-6-15-28)31(32(37)38)21-27-11-7-12-27/h1-6,9-10,14-15,27,29-31,36H,7-8,11-13,16-25H2,(H,37,38)/t29-,30+,31+/m0/s1. The van der Waals surface area contributed by atoms with Gasteiger partial charge in [0.1, 0.15) is 6.04 Å². The summed E-state index contributed by atoms with van der Waals surface area (Å²) in [4.78, 5) is 17.2. The van der Waals surface area contributed by atoms with Crippen LogP contribution in [0.5, 0.6) is 0 Å². The Morgan fingerprint density at radius 1 is 0.974 bits per heavy atom. The lowest BCUT2D eigenvalue weighted by atomic mass is 9.74. The molecule has 2 aromatic carbocycles.